The number of carbonyl (C=O) groups is 1. The molecule has 1 fully saturated rings. The van der Waals surface area contributed by atoms with Gasteiger partial charge in [-0.3, -0.25) is 4.79 Å². The second kappa shape index (κ2) is 8.51. The molecule has 1 unspecified atom stereocenters. The summed E-state index contributed by atoms with van der Waals surface area (Å²) in [5.74, 6) is 0.845. The van der Waals surface area contributed by atoms with Gasteiger partial charge in [0.2, 0.25) is 5.91 Å². The van der Waals surface area contributed by atoms with Crippen molar-refractivity contribution in [3.63, 3.8) is 0 Å². The van der Waals surface area contributed by atoms with Crippen LogP contribution in [0.5, 0.6) is 0 Å². The second-order valence-electron chi connectivity index (χ2n) is 5.73. The molecule has 19 heavy (non-hydrogen) atoms. The number of likely N-dealkylation sites (N-methyl/N-ethyl adjacent to an activating group) is 1. The van der Waals surface area contributed by atoms with Crippen molar-refractivity contribution >= 4 is 5.91 Å². The molecule has 1 saturated heterocycles. The summed E-state index contributed by atoms with van der Waals surface area (Å²) in [6, 6.07) is 0.159. The van der Waals surface area contributed by atoms with Crippen molar-refractivity contribution in [2.45, 2.75) is 32.2 Å². The van der Waals surface area contributed by atoms with Crippen molar-refractivity contribution in [3.05, 3.63) is 0 Å². The normalized spacial score (nSPS) is 19.6. The lowest BCUT2D eigenvalue weighted by atomic mass is 9.96. The number of piperidine rings is 1. The fourth-order valence-corrected chi connectivity index (χ4v) is 2.70. The van der Waals surface area contributed by atoms with Crippen LogP contribution in [-0.4, -0.2) is 68.6 Å². The van der Waals surface area contributed by atoms with Crippen LogP contribution >= 0.6 is 0 Å². The molecule has 112 valence electrons. The Labute approximate surface area is 117 Å². The van der Waals surface area contributed by atoms with Gasteiger partial charge >= 0.3 is 0 Å². The van der Waals surface area contributed by atoms with E-state index in [4.69, 9.17) is 5.73 Å². The minimum atomic E-state index is 0.105. The summed E-state index contributed by atoms with van der Waals surface area (Å²) in [4.78, 5) is 16.3. The lowest BCUT2D eigenvalue weighted by Crippen LogP contribution is -2.45. The Morgan fingerprint density at radius 2 is 2.11 bits per heavy atom. The number of likely N-dealkylation sites (tertiary alicyclic amines) is 1. The minimum absolute atomic E-state index is 0.105. The molecule has 3 N–H and O–H groups in total. The standard InChI is InChI=1S/C14H30N4O/c1-4-16-14(19)9-13(10-15)18(3)11-12-5-7-17(2)8-6-12/h12-13H,4-11,15H2,1-3H3,(H,16,19). The zero-order valence-electron chi connectivity index (χ0n) is 12.7. The van der Waals surface area contributed by atoms with Crippen molar-refractivity contribution in [3.8, 4) is 0 Å². The Balaban J connectivity index is 2.36. The number of hydrogen-bond acceptors (Lipinski definition) is 4. The summed E-state index contributed by atoms with van der Waals surface area (Å²) in [5, 5.41) is 2.85. The Bertz CT molecular complexity index is 264. The van der Waals surface area contributed by atoms with Crippen molar-refractivity contribution in [2.24, 2.45) is 11.7 Å². The van der Waals surface area contributed by atoms with E-state index in [1.54, 1.807) is 0 Å². The van der Waals surface area contributed by atoms with E-state index < -0.39 is 0 Å². The molecule has 5 nitrogen and oxygen atoms in total. The lowest BCUT2D eigenvalue weighted by molar-refractivity contribution is -0.122. The molecule has 1 atom stereocenters. The van der Waals surface area contributed by atoms with Gasteiger partial charge in [0.25, 0.3) is 0 Å². The molecule has 1 amide bonds. The number of hydrogen-bond donors (Lipinski definition) is 2. The average molecular weight is 270 g/mol. The van der Waals surface area contributed by atoms with Gasteiger partial charge in [-0.15, -0.1) is 0 Å². The number of nitrogens with zero attached hydrogens (tertiary/aromatic N) is 2. The van der Waals surface area contributed by atoms with Crippen LogP contribution in [0.15, 0.2) is 0 Å². The highest BCUT2D eigenvalue weighted by Crippen LogP contribution is 2.18. The first-order valence-corrected chi connectivity index (χ1v) is 7.42. The molecular formula is C14H30N4O. The first-order valence-electron chi connectivity index (χ1n) is 7.42. The topological polar surface area (TPSA) is 61.6 Å². The molecule has 0 saturated carbocycles. The number of nitrogens with one attached hydrogen (secondary N) is 1. The van der Waals surface area contributed by atoms with Crippen molar-refractivity contribution in [1.82, 2.24) is 15.1 Å². The molecule has 1 rings (SSSR count). The van der Waals surface area contributed by atoms with Crippen LogP contribution in [0, 0.1) is 5.92 Å². The maximum absolute atomic E-state index is 11.7. The van der Waals surface area contributed by atoms with Gasteiger partial charge in [0.15, 0.2) is 0 Å². The predicted molar refractivity (Wildman–Crippen MR) is 79.0 cm³/mol. The molecule has 1 aliphatic rings. The number of amides is 1. The number of rotatable bonds is 7. The summed E-state index contributed by atoms with van der Waals surface area (Å²) >= 11 is 0. The fourth-order valence-electron chi connectivity index (χ4n) is 2.70. The summed E-state index contributed by atoms with van der Waals surface area (Å²) in [7, 11) is 4.27. The van der Waals surface area contributed by atoms with Crippen LogP contribution in [0.4, 0.5) is 0 Å². The van der Waals surface area contributed by atoms with E-state index >= 15 is 0 Å². The predicted octanol–water partition coefficient (Wildman–Crippen LogP) is 0.114. The maximum Gasteiger partial charge on any atom is 0.221 e. The zero-order valence-corrected chi connectivity index (χ0v) is 12.7. The molecule has 0 aromatic rings. The monoisotopic (exact) mass is 270 g/mol. The van der Waals surface area contributed by atoms with Crippen LogP contribution in [0.2, 0.25) is 0 Å². The lowest BCUT2D eigenvalue weighted by Gasteiger charge is -2.34. The van der Waals surface area contributed by atoms with Gasteiger partial charge in [-0.2, -0.15) is 0 Å². The molecule has 1 heterocycles. The van der Waals surface area contributed by atoms with Gasteiger partial charge in [-0.25, -0.2) is 0 Å². The highest BCUT2D eigenvalue weighted by Gasteiger charge is 2.22. The molecular weight excluding hydrogens is 240 g/mol. The van der Waals surface area contributed by atoms with Crippen LogP contribution in [-0.2, 0) is 4.79 Å². The molecule has 1 aliphatic heterocycles. The summed E-state index contributed by atoms with van der Waals surface area (Å²) < 4.78 is 0. The molecule has 0 bridgehead atoms. The molecule has 5 heteroatoms. The molecule has 0 aromatic heterocycles. The van der Waals surface area contributed by atoms with Gasteiger partial charge in [0.05, 0.1) is 0 Å². The SMILES string of the molecule is CCNC(=O)CC(CN)N(C)CC1CCN(C)CC1. The fraction of sp³-hybridized carbons (Fsp3) is 0.929. The van der Waals surface area contributed by atoms with Gasteiger partial charge in [0, 0.05) is 32.1 Å². The van der Waals surface area contributed by atoms with Crippen molar-refractivity contribution < 1.29 is 4.79 Å². The van der Waals surface area contributed by atoms with Crippen LogP contribution < -0.4 is 11.1 Å². The van der Waals surface area contributed by atoms with Crippen LogP contribution in [0.25, 0.3) is 0 Å². The Morgan fingerprint density at radius 1 is 1.47 bits per heavy atom. The van der Waals surface area contributed by atoms with E-state index in [0.29, 0.717) is 19.5 Å². The van der Waals surface area contributed by atoms with Crippen molar-refractivity contribution in [1.29, 1.82) is 0 Å². The average Bonchev–Trinajstić information content (AvgIpc) is 2.39. The van der Waals surface area contributed by atoms with Crippen LogP contribution in [0.1, 0.15) is 26.2 Å². The molecule has 0 radical (unpaired) electrons. The summed E-state index contributed by atoms with van der Waals surface area (Å²) in [6.07, 6.45) is 3.01. The molecule has 0 spiro atoms. The summed E-state index contributed by atoms with van der Waals surface area (Å²) in [5.41, 5.74) is 5.82. The van der Waals surface area contributed by atoms with Gasteiger partial charge in [-0.1, -0.05) is 0 Å². The Hall–Kier alpha value is -0.650. The maximum atomic E-state index is 11.7. The van der Waals surface area contributed by atoms with E-state index in [-0.39, 0.29) is 11.9 Å². The number of carbonyl (C=O) groups excluding carboxylic acids is 1. The largest absolute Gasteiger partial charge is 0.356 e. The highest BCUT2D eigenvalue weighted by atomic mass is 16.1. The molecule has 0 aliphatic carbocycles. The van der Waals surface area contributed by atoms with Gasteiger partial charge < -0.3 is 20.9 Å². The van der Waals surface area contributed by atoms with Crippen molar-refractivity contribution in [2.75, 3.05) is 46.8 Å². The number of nitrogens with two attached hydrogens (primary N) is 1. The van der Waals surface area contributed by atoms with Crippen LogP contribution in [0.3, 0.4) is 0 Å². The van der Waals surface area contributed by atoms with E-state index in [9.17, 15) is 4.79 Å². The van der Waals surface area contributed by atoms with E-state index in [2.05, 4.69) is 29.2 Å². The Kier molecular flexibility index (Phi) is 7.34. The third kappa shape index (κ3) is 5.89. The third-order valence-electron chi connectivity index (χ3n) is 4.07. The zero-order chi connectivity index (χ0) is 14.3. The summed E-state index contributed by atoms with van der Waals surface area (Å²) in [6.45, 7) is 6.59. The van der Waals surface area contributed by atoms with Gasteiger partial charge in [0.1, 0.15) is 0 Å². The third-order valence-corrected chi connectivity index (χ3v) is 4.07. The van der Waals surface area contributed by atoms with E-state index in [0.717, 1.165) is 12.5 Å². The van der Waals surface area contributed by atoms with E-state index in [1.807, 2.05) is 6.92 Å². The molecule has 0 aromatic carbocycles. The first-order chi connectivity index (χ1) is 9.06. The van der Waals surface area contributed by atoms with Gasteiger partial charge in [-0.05, 0) is 52.9 Å². The van der Waals surface area contributed by atoms with E-state index in [1.165, 1.54) is 25.9 Å². The second-order valence-corrected chi connectivity index (χ2v) is 5.73. The first kappa shape index (κ1) is 16.4. The highest BCUT2D eigenvalue weighted by molar-refractivity contribution is 5.76. The Morgan fingerprint density at radius 3 is 2.63 bits per heavy atom. The quantitative estimate of drug-likeness (QED) is 0.689. The minimum Gasteiger partial charge on any atom is -0.356 e. The smallest absolute Gasteiger partial charge is 0.221 e.